The summed E-state index contributed by atoms with van der Waals surface area (Å²) in [7, 11) is 0. The first-order valence-electron chi connectivity index (χ1n) is 5.53. The van der Waals surface area contributed by atoms with Crippen LogP contribution in [0.2, 0.25) is 0 Å². The van der Waals surface area contributed by atoms with Crippen LogP contribution >= 0.6 is 11.8 Å². The molecule has 0 spiro atoms. The third kappa shape index (κ3) is 3.13. The van der Waals surface area contributed by atoms with Gasteiger partial charge in [-0.25, -0.2) is 10.8 Å². The van der Waals surface area contributed by atoms with Gasteiger partial charge in [-0.2, -0.15) is 4.98 Å². The molecule has 0 aliphatic heterocycles. The number of nitrogens with two attached hydrogens (primary N) is 1. The first-order chi connectivity index (χ1) is 9.63. The molecule has 0 saturated carbocycles. The number of hydrogen-bond acceptors (Lipinski definition) is 8. The standard InChI is InChI=1S/C11H12N6O2S/c1-20-8-4-2-3-7(5-8)14-10-9(17(18)19)6-13-11(15-10)16-12/h2-6H,12H2,1H3,(H2,13,14,15,16). The summed E-state index contributed by atoms with van der Waals surface area (Å²) in [5.41, 5.74) is 2.73. The van der Waals surface area contributed by atoms with E-state index in [1.165, 1.54) is 0 Å². The van der Waals surface area contributed by atoms with Crippen molar-refractivity contribution in [3.8, 4) is 0 Å². The topological polar surface area (TPSA) is 119 Å². The summed E-state index contributed by atoms with van der Waals surface area (Å²) in [6.07, 6.45) is 3.05. The molecule has 9 heteroatoms. The van der Waals surface area contributed by atoms with Gasteiger partial charge in [0.2, 0.25) is 11.8 Å². The molecule has 1 aromatic carbocycles. The van der Waals surface area contributed by atoms with E-state index in [4.69, 9.17) is 5.84 Å². The number of nitrogens with one attached hydrogen (secondary N) is 2. The minimum Gasteiger partial charge on any atom is -0.334 e. The van der Waals surface area contributed by atoms with Gasteiger partial charge < -0.3 is 5.32 Å². The van der Waals surface area contributed by atoms with Crippen LogP contribution in [-0.2, 0) is 0 Å². The fourth-order valence-electron chi connectivity index (χ4n) is 1.51. The number of nitrogen functional groups attached to an aromatic ring is 1. The molecule has 0 saturated heterocycles. The molecule has 0 atom stereocenters. The average Bonchev–Trinajstić information content (AvgIpc) is 2.47. The molecule has 104 valence electrons. The van der Waals surface area contributed by atoms with Gasteiger partial charge in [0.25, 0.3) is 0 Å². The van der Waals surface area contributed by atoms with Crippen molar-refractivity contribution in [2.45, 2.75) is 4.90 Å². The van der Waals surface area contributed by atoms with E-state index in [9.17, 15) is 10.1 Å². The normalized spacial score (nSPS) is 10.1. The van der Waals surface area contributed by atoms with Crippen molar-refractivity contribution >= 4 is 34.9 Å². The van der Waals surface area contributed by atoms with Crippen molar-refractivity contribution in [2.75, 3.05) is 17.0 Å². The smallest absolute Gasteiger partial charge is 0.329 e. The Labute approximate surface area is 118 Å². The highest BCUT2D eigenvalue weighted by Gasteiger charge is 2.17. The van der Waals surface area contributed by atoms with Gasteiger partial charge in [0.15, 0.2) is 0 Å². The van der Waals surface area contributed by atoms with Crippen molar-refractivity contribution < 1.29 is 4.92 Å². The van der Waals surface area contributed by atoms with Crippen LogP contribution in [-0.4, -0.2) is 21.1 Å². The van der Waals surface area contributed by atoms with Gasteiger partial charge in [-0.1, -0.05) is 6.07 Å². The SMILES string of the molecule is CSc1cccc(Nc2nc(NN)ncc2[N+](=O)[O-])c1. The van der Waals surface area contributed by atoms with Crippen molar-refractivity contribution in [2.24, 2.45) is 5.84 Å². The van der Waals surface area contributed by atoms with Crippen LogP contribution in [0.15, 0.2) is 35.4 Å². The average molecular weight is 292 g/mol. The Hall–Kier alpha value is -2.39. The molecular formula is C11H12N6O2S. The van der Waals surface area contributed by atoms with Crippen LogP contribution in [0, 0.1) is 10.1 Å². The highest BCUT2D eigenvalue weighted by molar-refractivity contribution is 7.98. The second kappa shape index (κ2) is 6.17. The number of benzene rings is 1. The van der Waals surface area contributed by atoms with E-state index in [2.05, 4.69) is 20.7 Å². The molecule has 8 nitrogen and oxygen atoms in total. The van der Waals surface area contributed by atoms with E-state index < -0.39 is 4.92 Å². The molecule has 20 heavy (non-hydrogen) atoms. The number of rotatable bonds is 5. The van der Waals surface area contributed by atoms with E-state index >= 15 is 0 Å². The molecule has 0 fully saturated rings. The molecular weight excluding hydrogens is 280 g/mol. The first-order valence-corrected chi connectivity index (χ1v) is 6.75. The highest BCUT2D eigenvalue weighted by Crippen LogP contribution is 2.27. The Morgan fingerprint density at radius 1 is 1.45 bits per heavy atom. The predicted octanol–water partition coefficient (Wildman–Crippen LogP) is 2.14. The molecule has 2 aromatic rings. The van der Waals surface area contributed by atoms with Crippen LogP contribution in [0.1, 0.15) is 0 Å². The Bertz CT molecular complexity index is 636. The van der Waals surface area contributed by atoms with Crippen molar-refractivity contribution in [3.63, 3.8) is 0 Å². The Morgan fingerprint density at radius 3 is 2.90 bits per heavy atom. The number of thioether (sulfide) groups is 1. The van der Waals surface area contributed by atoms with Gasteiger partial charge in [-0.15, -0.1) is 11.8 Å². The van der Waals surface area contributed by atoms with E-state index in [0.717, 1.165) is 11.1 Å². The molecule has 0 unspecified atom stereocenters. The zero-order chi connectivity index (χ0) is 14.5. The molecule has 2 rings (SSSR count). The Morgan fingerprint density at radius 2 is 2.25 bits per heavy atom. The summed E-state index contributed by atoms with van der Waals surface area (Å²) in [5, 5.41) is 13.9. The molecule has 0 aliphatic rings. The molecule has 0 radical (unpaired) electrons. The van der Waals surface area contributed by atoms with Crippen molar-refractivity contribution in [1.29, 1.82) is 0 Å². The lowest BCUT2D eigenvalue weighted by molar-refractivity contribution is -0.384. The first kappa shape index (κ1) is 14.0. The minimum absolute atomic E-state index is 0.0798. The van der Waals surface area contributed by atoms with E-state index in [0.29, 0.717) is 5.69 Å². The maximum Gasteiger partial charge on any atom is 0.329 e. The third-order valence-electron chi connectivity index (χ3n) is 2.43. The zero-order valence-electron chi connectivity index (χ0n) is 10.5. The van der Waals surface area contributed by atoms with Gasteiger partial charge in [-0.05, 0) is 24.5 Å². The largest absolute Gasteiger partial charge is 0.334 e. The van der Waals surface area contributed by atoms with Gasteiger partial charge >= 0.3 is 5.69 Å². The maximum atomic E-state index is 11.0. The lowest BCUT2D eigenvalue weighted by Gasteiger charge is -2.08. The highest BCUT2D eigenvalue weighted by atomic mass is 32.2. The number of hydrazine groups is 1. The van der Waals surface area contributed by atoms with Gasteiger partial charge in [0.05, 0.1) is 4.92 Å². The fraction of sp³-hybridized carbons (Fsp3) is 0.0909. The molecule has 1 aromatic heterocycles. The second-order valence-electron chi connectivity index (χ2n) is 3.69. The minimum atomic E-state index is -0.555. The van der Waals surface area contributed by atoms with Gasteiger partial charge in [0.1, 0.15) is 6.20 Å². The Kier molecular flexibility index (Phi) is 4.33. The Balaban J connectivity index is 2.37. The molecule has 0 aliphatic carbocycles. The molecule has 1 heterocycles. The van der Waals surface area contributed by atoms with Crippen molar-refractivity contribution in [1.82, 2.24) is 9.97 Å². The number of hydrogen-bond donors (Lipinski definition) is 3. The van der Waals surface area contributed by atoms with Crippen LogP contribution in [0.4, 0.5) is 23.1 Å². The summed E-state index contributed by atoms with van der Waals surface area (Å²) < 4.78 is 0. The molecule has 0 bridgehead atoms. The maximum absolute atomic E-state index is 11.0. The van der Waals surface area contributed by atoms with Gasteiger partial charge in [0, 0.05) is 10.6 Å². The van der Waals surface area contributed by atoms with Gasteiger partial charge in [-0.3, -0.25) is 15.5 Å². The monoisotopic (exact) mass is 292 g/mol. The predicted molar refractivity (Wildman–Crippen MR) is 78.0 cm³/mol. The van der Waals surface area contributed by atoms with Crippen LogP contribution in [0.3, 0.4) is 0 Å². The van der Waals surface area contributed by atoms with E-state index in [1.807, 2.05) is 24.5 Å². The summed E-state index contributed by atoms with van der Waals surface area (Å²) >= 11 is 1.57. The lowest BCUT2D eigenvalue weighted by Crippen LogP contribution is -2.12. The number of aromatic nitrogens is 2. The zero-order valence-corrected chi connectivity index (χ0v) is 11.3. The van der Waals surface area contributed by atoms with E-state index in [1.54, 1.807) is 17.8 Å². The molecule has 0 amide bonds. The summed E-state index contributed by atoms with van der Waals surface area (Å²) in [5.74, 6) is 5.38. The van der Waals surface area contributed by atoms with Crippen LogP contribution in [0.5, 0.6) is 0 Å². The third-order valence-corrected chi connectivity index (χ3v) is 3.15. The lowest BCUT2D eigenvalue weighted by atomic mass is 10.3. The van der Waals surface area contributed by atoms with E-state index in [-0.39, 0.29) is 17.5 Å². The fourth-order valence-corrected chi connectivity index (χ4v) is 1.97. The van der Waals surface area contributed by atoms with Crippen molar-refractivity contribution in [3.05, 3.63) is 40.6 Å². The number of anilines is 3. The summed E-state index contributed by atoms with van der Waals surface area (Å²) in [4.78, 5) is 19.1. The second-order valence-corrected chi connectivity index (χ2v) is 4.57. The number of nitro groups is 1. The summed E-state index contributed by atoms with van der Waals surface area (Å²) in [6, 6.07) is 7.45. The van der Waals surface area contributed by atoms with Crippen LogP contribution < -0.4 is 16.6 Å². The van der Waals surface area contributed by atoms with Crippen LogP contribution in [0.25, 0.3) is 0 Å². The molecule has 4 N–H and O–H groups in total. The quantitative estimate of drug-likeness (QED) is 0.332. The number of nitrogens with zero attached hydrogens (tertiary/aromatic N) is 3. The summed E-state index contributed by atoms with van der Waals surface area (Å²) in [6.45, 7) is 0.